The van der Waals surface area contributed by atoms with E-state index in [0.717, 1.165) is 0 Å². The number of anilines is 3. The molecule has 0 unspecified atom stereocenters. The highest BCUT2D eigenvalue weighted by atomic mass is 32.2. The number of benzene rings is 2. The van der Waals surface area contributed by atoms with Gasteiger partial charge in [-0.25, -0.2) is 0 Å². The Kier molecular flexibility index (Phi) is 4.35. The van der Waals surface area contributed by atoms with Gasteiger partial charge >= 0.3 is 11.4 Å². The van der Waals surface area contributed by atoms with Gasteiger partial charge in [0.15, 0.2) is 5.69 Å². The summed E-state index contributed by atoms with van der Waals surface area (Å²) in [6, 6.07) is 6.85. The van der Waals surface area contributed by atoms with Crippen molar-refractivity contribution < 1.29 is 22.8 Å². The lowest BCUT2D eigenvalue weighted by Crippen LogP contribution is -2.06. The molecule has 0 aliphatic heterocycles. The van der Waals surface area contributed by atoms with Crippen LogP contribution in [0, 0.1) is 20.2 Å². The van der Waals surface area contributed by atoms with E-state index in [4.69, 9.17) is 10.3 Å². The lowest BCUT2D eigenvalue weighted by Gasteiger charge is -2.09. The molecule has 0 aliphatic carbocycles. The fourth-order valence-electron chi connectivity index (χ4n) is 1.86. The SMILES string of the molecule is Nc1ccc(Nc2c([N+](=O)[O-])cc(S(=O)(=O)O)cc2[N+](=O)[O-])cc1. The maximum atomic E-state index is 11.2. The summed E-state index contributed by atoms with van der Waals surface area (Å²) in [7, 11) is -4.86. The Bertz CT molecular complexity index is 890. The van der Waals surface area contributed by atoms with E-state index in [1.54, 1.807) is 0 Å². The van der Waals surface area contributed by atoms with Gasteiger partial charge in [0, 0.05) is 23.5 Å². The number of nitrogens with one attached hydrogen (secondary N) is 1. The van der Waals surface area contributed by atoms with Gasteiger partial charge in [-0.3, -0.25) is 24.8 Å². The van der Waals surface area contributed by atoms with Crippen molar-refractivity contribution in [2.24, 2.45) is 0 Å². The summed E-state index contributed by atoms with van der Waals surface area (Å²) in [6.07, 6.45) is 0. The molecule has 0 bridgehead atoms. The Morgan fingerprint density at radius 3 is 1.83 bits per heavy atom. The van der Waals surface area contributed by atoms with Crippen LogP contribution in [0.4, 0.5) is 28.4 Å². The summed E-state index contributed by atoms with van der Waals surface area (Å²) >= 11 is 0. The molecule has 0 aliphatic rings. The normalized spacial score (nSPS) is 11.0. The van der Waals surface area contributed by atoms with Crippen LogP contribution >= 0.6 is 0 Å². The number of nitrogens with two attached hydrogens (primary N) is 1. The Hall–Kier alpha value is -3.25. The molecular formula is C12H10N4O7S. The number of nitrogens with zero attached hydrogens (tertiary/aromatic N) is 2. The summed E-state index contributed by atoms with van der Waals surface area (Å²) in [4.78, 5) is 19.4. The van der Waals surface area contributed by atoms with Crippen molar-refractivity contribution in [1.82, 2.24) is 0 Å². The van der Waals surface area contributed by atoms with Gasteiger partial charge in [0.2, 0.25) is 0 Å². The van der Waals surface area contributed by atoms with Gasteiger partial charge < -0.3 is 11.1 Å². The number of nitro benzene ring substituents is 2. The maximum Gasteiger partial charge on any atom is 0.301 e. The van der Waals surface area contributed by atoms with E-state index in [0.29, 0.717) is 17.8 Å². The molecule has 2 rings (SSSR count). The van der Waals surface area contributed by atoms with Gasteiger partial charge in [-0.2, -0.15) is 8.42 Å². The predicted molar refractivity (Wildman–Crippen MR) is 83.7 cm³/mol. The zero-order chi connectivity index (χ0) is 18.1. The standard InChI is InChI=1S/C12H10N4O7S/c13-7-1-3-8(4-2-7)14-12-10(15(17)18)5-9(24(21,22)23)6-11(12)16(19)20/h1-6,14H,13H2,(H,21,22,23). The molecule has 24 heavy (non-hydrogen) atoms. The highest BCUT2D eigenvalue weighted by Gasteiger charge is 2.30. The van der Waals surface area contributed by atoms with Crippen molar-refractivity contribution >= 4 is 38.6 Å². The van der Waals surface area contributed by atoms with Gasteiger partial charge in [-0.15, -0.1) is 0 Å². The molecule has 0 fully saturated rings. The van der Waals surface area contributed by atoms with Crippen LogP contribution in [0.25, 0.3) is 0 Å². The van der Waals surface area contributed by atoms with Crippen molar-refractivity contribution in [2.45, 2.75) is 4.90 Å². The first-order chi connectivity index (χ1) is 11.1. The molecule has 0 radical (unpaired) electrons. The average molecular weight is 354 g/mol. The number of nitrogen functional groups attached to an aromatic ring is 1. The third kappa shape index (κ3) is 3.56. The molecule has 2 aromatic rings. The Morgan fingerprint density at radius 2 is 1.46 bits per heavy atom. The average Bonchev–Trinajstić information content (AvgIpc) is 2.48. The minimum atomic E-state index is -4.86. The van der Waals surface area contributed by atoms with Crippen LogP contribution in [0.5, 0.6) is 0 Å². The number of nitro groups is 2. The van der Waals surface area contributed by atoms with Crippen molar-refractivity contribution in [3.8, 4) is 0 Å². The van der Waals surface area contributed by atoms with Gasteiger partial charge in [0.1, 0.15) is 4.90 Å². The molecule has 2 aromatic carbocycles. The second kappa shape index (κ2) is 6.10. The van der Waals surface area contributed by atoms with E-state index >= 15 is 0 Å². The van der Waals surface area contributed by atoms with Crippen LogP contribution in [-0.2, 0) is 10.1 Å². The minimum Gasteiger partial charge on any atom is -0.399 e. The van der Waals surface area contributed by atoms with Crippen molar-refractivity contribution in [3.63, 3.8) is 0 Å². The van der Waals surface area contributed by atoms with Gasteiger partial charge in [-0.05, 0) is 24.3 Å². The minimum absolute atomic E-state index is 0.259. The molecule has 0 saturated heterocycles. The largest absolute Gasteiger partial charge is 0.399 e. The molecule has 4 N–H and O–H groups in total. The van der Waals surface area contributed by atoms with Crippen LogP contribution in [0.15, 0.2) is 41.3 Å². The first-order valence-corrected chi connectivity index (χ1v) is 7.60. The summed E-state index contributed by atoms with van der Waals surface area (Å²) in [5.41, 5.74) is 3.89. The Morgan fingerprint density at radius 1 is 1.00 bits per heavy atom. The van der Waals surface area contributed by atoms with E-state index in [1.165, 1.54) is 24.3 Å². The quantitative estimate of drug-likeness (QED) is 0.313. The van der Waals surface area contributed by atoms with Crippen LogP contribution < -0.4 is 11.1 Å². The second-order valence-corrected chi connectivity index (χ2v) is 5.99. The van der Waals surface area contributed by atoms with E-state index in [9.17, 15) is 28.6 Å². The summed E-state index contributed by atoms with van der Waals surface area (Å²) in [6.45, 7) is 0. The molecule has 11 nitrogen and oxygen atoms in total. The first kappa shape index (κ1) is 17.1. The molecular weight excluding hydrogens is 344 g/mol. The number of hydrogen-bond donors (Lipinski definition) is 3. The van der Waals surface area contributed by atoms with Crippen LogP contribution in [0.1, 0.15) is 0 Å². The number of hydrogen-bond acceptors (Lipinski definition) is 8. The van der Waals surface area contributed by atoms with E-state index < -0.39 is 41.9 Å². The predicted octanol–water partition coefficient (Wildman–Crippen LogP) is 2.08. The Balaban J connectivity index is 2.70. The highest BCUT2D eigenvalue weighted by molar-refractivity contribution is 7.85. The summed E-state index contributed by atoms with van der Waals surface area (Å²) < 4.78 is 31.3. The monoisotopic (exact) mass is 354 g/mol. The molecule has 0 amide bonds. The zero-order valence-corrected chi connectivity index (χ0v) is 12.6. The van der Waals surface area contributed by atoms with Crippen LogP contribution in [0.3, 0.4) is 0 Å². The molecule has 0 heterocycles. The summed E-state index contributed by atoms with van der Waals surface area (Å²) in [5.74, 6) is 0. The fraction of sp³-hybridized carbons (Fsp3) is 0. The van der Waals surface area contributed by atoms with Crippen molar-refractivity contribution in [1.29, 1.82) is 0 Å². The van der Waals surface area contributed by atoms with Gasteiger partial charge in [0.05, 0.1) is 9.85 Å². The van der Waals surface area contributed by atoms with E-state index in [1.807, 2.05) is 0 Å². The third-order valence-electron chi connectivity index (χ3n) is 2.94. The van der Waals surface area contributed by atoms with Crippen LogP contribution in [0.2, 0.25) is 0 Å². The smallest absolute Gasteiger partial charge is 0.301 e. The summed E-state index contributed by atoms with van der Waals surface area (Å²) in [5, 5.41) is 24.8. The third-order valence-corrected chi connectivity index (χ3v) is 3.77. The topological polar surface area (TPSA) is 179 Å². The zero-order valence-electron chi connectivity index (χ0n) is 11.7. The van der Waals surface area contributed by atoms with E-state index in [2.05, 4.69) is 5.32 Å². The second-order valence-electron chi connectivity index (χ2n) is 4.57. The van der Waals surface area contributed by atoms with Crippen LogP contribution in [-0.4, -0.2) is 22.8 Å². The number of rotatable bonds is 5. The molecule has 12 heteroatoms. The lowest BCUT2D eigenvalue weighted by atomic mass is 10.2. The maximum absolute atomic E-state index is 11.2. The van der Waals surface area contributed by atoms with Gasteiger partial charge in [-0.1, -0.05) is 0 Å². The fourth-order valence-corrected chi connectivity index (χ4v) is 2.38. The van der Waals surface area contributed by atoms with Gasteiger partial charge in [0.25, 0.3) is 10.1 Å². The molecule has 0 saturated carbocycles. The molecule has 0 aromatic heterocycles. The first-order valence-electron chi connectivity index (χ1n) is 6.16. The lowest BCUT2D eigenvalue weighted by molar-refractivity contribution is -0.392. The molecule has 126 valence electrons. The Labute approximate surface area is 134 Å². The molecule has 0 atom stereocenters. The molecule has 0 spiro atoms. The van der Waals surface area contributed by atoms with Crippen molar-refractivity contribution in [2.75, 3.05) is 11.1 Å². The van der Waals surface area contributed by atoms with E-state index in [-0.39, 0.29) is 5.69 Å². The van der Waals surface area contributed by atoms with Crippen molar-refractivity contribution in [3.05, 3.63) is 56.6 Å². The highest BCUT2D eigenvalue weighted by Crippen LogP contribution is 2.39.